The molecule has 0 fully saturated rings. The number of nitrogens with one attached hydrogen (secondary N) is 1. The fourth-order valence-electron chi connectivity index (χ4n) is 1.91. The molecule has 0 saturated heterocycles. The Bertz CT molecular complexity index is 215. The second kappa shape index (κ2) is 9.48. The van der Waals surface area contributed by atoms with Gasteiger partial charge in [-0.2, -0.15) is 5.26 Å². The van der Waals surface area contributed by atoms with Gasteiger partial charge in [0.25, 0.3) is 0 Å². The third-order valence-corrected chi connectivity index (χ3v) is 3.26. The van der Waals surface area contributed by atoms with Gasteiger partial charge in [-0.15, -0.1) is 0 Å². The normalized spacial score (nSPS) is 13.4. The van der Waals surface area contributed by atoms with Crippen LogP contribution in [0.25, 0.3) is 0 Å². The lowest BCUT2D eigenvalue weighted by atomic mass is 9.90. The smallest absolute Gasteiger partial charge is 0.0683 e. The monoisotopic (exact) mass is 238 g/mol. The molecular weight excluding hydrogens is 208 g/mol. The van der Waals surface area contributed by atoms with Crippen LogP contribution >= 0.6 is 0 Å². The molecule has 0 aromatic carbocycles. The van der Waals surface area contributed by atoms with Crippen molar-refractivity contribution in [3.05, 3.63) is 0 Å². The largest absolute Gasteiger partial charge is 0.314 e. The van der Waals surface area contributed by atoms with Crippen LogP contribution < -0.4 is 5.32 Å². The molecule has 0 heterocycles. The average molecular weight is 238 g/mol. The van der Waals surface area contributed by atoms with Crippen molar-refractivity contribution in [3.63, 3.8) is 0 Å². The highest BCUT2D eigenvalue weighted by atomic mass is 14.9. The molecule has 2 heteroatoms. The maximum absolute atomic E-state index is 8.90. The molecular formula is C15H30N2. The third kappa shape index (κ3) is 10.3. The summed E-state index contributed by atoms with van der Waals surface area (Å²) in [5.41, 5.74) is -0.161. The minimum Gasteiger partial charge on any atom is -0.314 e. The van der Waals surface area contributed by atoms with Crippen LogP contribution in [0.15, 0.2) is 0 Å². The minimum absolute atomic E-state index is 0.161. The van der Waals surface area contributed by atoms with Crippen molar-refractivity contribution in [1.29, 1.82) is 5.26 Å². The Hall–Kier alpha value is -0.550. The lowest BCUT2D eigenvalue weighted by Crippen LogP contribution is -2.27. The molecule has 0 aliphatic carbocycles. The first kappa shape index (κ1) is 16.4. The SMILES string of the molecule is CCCCCCC(C)NCCCC(C)(C)C#N. The van der Waals surface area contributed by atoms with E-state index < -0.39 is 0 Å². The van der Waals surface area contributed by atoms with Crippen LogP contribution in [-0.4, -0.2) is 12.6 Å². The van der Waals surface area contributed by atoms with E-state index in [9.17, 15) is 0 Å². The van der Waals surface area contributed by atoms with E-state index in [1.54, 1.807) is 0 Å². The van der Waals surface area contributed by atoms with Crippen LogP contribution in [-0.2, 0) is 0 Å². The molecule has 0 aliphatic heterocycles. The van der Waals surface area contributed by atoms with Crippen molar-refractivity contribution >= 4 is 0 Å². The summed E-state index contributed by atoms with van der Waals surface area (Å²) in [6.45, 7) is 9.59. The first-order chi connectivity index (χ1) is 8.02. The Kier molecular flexibility index (Phi) is 9.17. The molecule has 0 spiro atoms. The molecule has 17 heavy (non-hydrogen) atoms. The number of unbranched alkanes of at least 4 members (excludes halogenated alkanes) is 3. The van der Waals surface area contributed by atoms with E-state index in [-0.39, 0.29) is 5.41 Å². The number of rotatable bonds is 10. The van der Waals surface area contributed by atoms with Gasteiger partial charge in [-0.25, -0.2) is 0 Å². The molecule has 0 aromatic rings. The van der Waals surface area contributed by atoms with Crippen LogP contribution in [0.2, 0.25) is 0 Å². The summed E-state index contributed by atoms with van der Waals surface area (Å²) in [7, 11) is 0. The summed E-state index contributed by atoms with van der Waals surface area (Å²) in [6.07, 6.45) is 8.74. The van der Waals surface area contributed by atoms with Crippen LogP contribution in [0.4, 0.5) is 0 Å². The van der Waals surface area contributed by atoms with Gasteiger partial charge in [0.2, 0.25) is 0 Å². The number of nitriles is 1. The zero-order valence-electron chi connectivity index (χ0n) is 12.2. The van der Waals surface area contributed by atoms with Crippen molar-refractivity contribution in [2.45, 2.75) is 78.7 Å². The maximum Gasteiger partial charge on any atom is 0.0683 e. The molecule has 1 unspecified atom stereocenters. The molecule has 1 atom stereocenters. The summed E-state index contributed by atoms with van der Waals surface area (Å²) in [6, 6.07) is 2.97. The zero-order valence-corrected chi connectivity index (χ0v) is 12.2. The molecule has 100 valence electrons. The van der Waals surface area contributed by atoms with Crippen molar-refractivity contribution in [2.75, 3.05) is 6.54 Å². The third-order valence-electron chi connectivity index (χ3n) is 3.26. The van der Waals surface area contributed by atoms with E-state index in [2.05, 4.69) is 25.2 Å². The standard InChI is InChI=1S/C15H30N2/c1-5-6-7-8-10-14(2)17-12-9-11-15(3,4)13-16/h14,17H,5-12H2,1-4H3. The number of hydrogen-bond donors (Lipinski definition) is 1. The van der Waals surface area contributed by atoms with Crippen molar-refractivity contribution in [2.24, 2.45) is 5.41 Å². The van der Waals surface area contributed by atoms with Crippen molar-refractivity contribution in [1.82, 2.24) is 5.32 Å². The lowest BCUT2D eigenvalue weighted by molar-refractivity contribution is 0.407. The van der Waals surface area contributed by atoms with Crippen LogP contribution in [0.1, 0.15) is 72.6 Å². The van der Waals surface area contributed by atoms with E-state index in [1.807, 2.05) is 13.8 Å². The number of nitrogens with zero attached hydrogens (tertiary/aromatic N) is 1. The maximum atomic E-state index is 8.90. The van der Waals surface area contributed by atoms with Gasteiger partial charge in [-0.1, -0.05) is 32.6 Å². The lowest BCUT2D eigenvalue weighted by Gasteiger charge is -2.17. The molecule has 0 saturated carbocycles. The van der Waals surface area contributed by atoms with E-state index in [0.29, 0.717) is 6.04 Å². The summed E-state index contributed by atoms with van der Waals surface area (Å²) >= 11 is 0. The summed E-state index contributed by atoms with van der Waals surface area (Å²) in [5, 5.41) is 12.4. The molecule has 2 nitrogen and oxygen atoms in total. The highest BCUT2D eigenvalue weighted by molar-refractivity contribution is 4.91. The van der Waals surface area contributed by atoms with Crippen molar-refractivity contribution in [3.8, 4) is 6.07 Å². The topological polar surface area (TPSA) is 35.8 Å². The van der Waals surface area contributed by atoms with Crippen LogP contribution in [0.3, 0.4) is 0 Å². The second-order valence-corrected chi connectivity index (χ2v) is 5.80. The molecule has 0 bridgehead atoms. The summed E-state index contributed by atoms with van der Waals surface area (Å²) < 4.78 is 0. The van der Waals surface area contributed by atoms with Crippen LogP contribution in [0.5, 0.6) is 0 Å². The van der Waals surface area contributed by atoms with Crippen molar-refractivity contribution < 1.29 is 0 Å². The molecule has 0 radical (unpaired) electrons. The Balaban J connectivity index is 3.40. The van der Waals surface area contributed by atoms with E-state index in [4.69, 9.17) is 5.26 Å². The summed E-state index contributed by atoms with van der Waals surface area (Å²) in [4.78, 5) is 0. The Morgan fingerprint density at radius 2 is 1.88 bits per heavy atom. The molecule has 0 rings (SSSR count). The predicted octanol–water partition coefficient (Wildman–Crippen LogP) is 4.26. The molecule has 0 aliphatic rings. The molecule has 0 aromatic heterocycles. The van der Waals surface area contributed by atoms with Gasteiger partial charge < -0.3 is 5.32 Å². The molecule has 1 N–H and O–H groups in total. The molecule has 0 amide bonds. The fraction of sp³-hybridized carbons (Fsp3) is 0.933. The van der Waals surface area contributed by atoms with Gasteiger partial charge in [0, 0.05) is 6.04 Å². The van der Waals surface area contributed by atoms with E-state index in [0.717, 1.165) is 19.4 Å². The number of hydrogen-bond acceptors (Lipinski definition) is 2. The Morgan fingerprint density at radius 1 is 1.18 bits per heavy atom. The van der Waals surface area contributed by atoms with Gasteiger partial charge in [-0.3, -0.25) is 0 Å². The predicted molar refractivity (Wildman–Crippen MR) is 74.9 cm³/mol. The van der Waals surface area contributed by atoms with Crippen LogP contribution in [0, 0.1) is 16.7 Å². The Labute approximate surface area is 108 Å². The highest BCUT2D eigenvalue weighted by Crippen LogP contribution is 2.20. The Morgan fingerprint density at radius 3 is 2.47 bits per heavy atom. The second-order valence-electron chi connectivity index (χ2n) is 5.80. The first-order valence-electron chi connectivity index (χ1n) is 7.16. The first-order valence-corrected chi connectivity index (χ1v) is 7.16. The highest BCUT2D eigenvalue weighted by Gasteiger charge is 2.15. The van der Waals surface area contributed by atoms with Gasteiger partial charge in [0.1, 0.15) is 0 Å². The summed E-state index contributed by atoms with van der Waals surface area (Å²) in [5.74, 6) is 0. The van der Waals surface area contributed by atoms with E-state index in [1.165, 1.54) is 32.1 Å². The fourth-order valence-corrected chi connectivity index (χ4v) is 1.91. The zero-order chi connectivity index (χ0) is 13.1. The van der Waals surface area contributed by atoms with Gasteiger partial charge in [0.05, 0.1) is 11.5 Å². The average Bonchev–Trinajstić information content (AvgIpc) is 2.30. The minimum atomic E-state index is -0.161. The van der Waals surface area contributed by atoms with Gasteiger partial charge in [-0.05, 0) is 46.6 Å². The van der Waals surface area contributed by atoms with Gasteiger partial charge in [0.15, 0.2) is 0 Å². The van der Waals surface area contributed by atoms with E-state index >= 15 is 0 Å². The quantitative estimate of drug-likeness (QED) is 0.577. The van der Waals surface area contributed by atoms with Gasteiger partial charge >= 0.3 is 0 Å².